The van der Waals surface area contributed by atoms with Gasteiger partial charge in [-0.15, -0.1) is 0 Å². The summed E-state index contributed by atoms with van der Waals surface area (Å²) < 4.78 is 11.2. The van der Waals surface area contributed by atoms with Gasteiger partial charge in [-0.05, 0) is 37.5 Å². The summed E-state index contributed by atoms with van der Waals surface area (Å²) in [5, 5.41) is 0. The van der Waals surface area contributed by atoms with Crippen LogP contribution in [0, 0.1) is 23.7 Å². The molecule has 1 aliphatic heterocycles. The summed E-state index contributed by atoms with van der Waals surface area (Å²) in [5.74, 6) is -0.491. The largest absolute Gasteiger partial charge is 0.458 e. The molecule has 1 saturated heterocycles. The summed E-state index contributed by atoms with van der Waals surface area (Å²) in [7, 11) is 0. The molecule has 3 aliphatic rings. The summed E-state index contributed by atoms with van der Waals surface area (Å²) in [6.45, 7) is 4.03. The van der Waals surface area contributed by atoms with Crippen molar-refractivity contribution in [1.29, 1.82) is 0 Å². The maximum atomic E-state index is 12.2. The van der Waals surface area contributed by atoms with E-state index in [0.29, 0.717) is 0 Å². The third-order valence-corrected chi connectivity index (χ3v) is 5.07. The first-order valence-corrected chi connectivity index (χ1v) is 7.00. The average molecular weight is 252 g/mol. The van der Waals surface area contributed by atoms with Gasteiger partial charge >= 0.3 is 11.9 Å². The molecule has 3 fully saturated rings. The van der Waals surface area contributed by atoms with E-state index in [0.717, 1.165) is 25.7 Å². The molecule has 18 heavy (non-hydrogen) atoms. The summed E-state index contributed by atoms with van der Waals surface area (Å²) in [6, 6.07) is 0. The Morgan fingerprint density at radius 1 is 0.833 bits per heavy atom. The predicted molar refractivity (Wildman–Crippen MR) is 63.5 cm³/mol. The second-order valence-corrected chi connectivity index (χ2v) is 6.00. The van der Waals surface area contributed by atoms with Gasteiger partial charge < -0.3 is 9.47 Å². The van der Waals surface area contributed by atoms with Crippen molar-refractivity contribution >= 4 is 11.9 Å². The van der Waals surface area contributed by atoms with E-state index in [9.17, 15) is 9.59 Å². The Morgan fingerprint density at radius 3 is 1.61 bits per heavy atom. The smallest absolute Gasteiger partial charge is 0.310 e. The number of esters is 2. The SMILES string of the molecule is CC1C(C)C2C(=O)OC3CCCCC3OC(=O)C12. The number of hydrogen-bond acceptors (Lipinski definition) is 4. The monoisotopic (exact) mass is 252 g/mol. The number of fused-ring (bicyclic) bond motifs is 2. The Labute approximate surface area is 107 Å². The normalized spacial score (nSPS) is 47.7. The van der Waals surface area contributed by atoms with Crippen molar-refractivity contribution in [3.63, 3.8) is 0 Å². The number of carbonyl (C=O) groups is 2. The molecule has 1 heterocycles. The molecule has 6 unspecified atom stereocenters. The Balaban J connectivity index is 1.83. The van der Waals surface area contributed by atoms with Gasteiger partial charge in [0.05, 0.1) is 11.8 Å². The first-order valence-electron chi connectivity index (χ1n) is 7.00. The molecule has 0 aromatic rings. The number of carbonyl (C=O) groups excluding carboxylic acids is 2. The molecule has 4 heteroatoms. The number of hydrogen-bond donors (Lipinski definition) is 0. The highest BCUT2D eigenvalue weighted by Crippen LogP contribution is 2.48. The van der Waals surface area contributed by atoms with Gasteiger partial charge in [0.1, 0.15) is 12.2 Å². The molecule has 2 aliphatic carbocycles. The van der Waals surface area contributed by atoms with E-state index in [1.165, 1.54) is 0 Å². The van der Waals surface area contributed by atoms with Crippen LogP contribution in [0.5, 0.6) is 0 Å². The van der Waals surface area contributed by atoms with Gasteiger partial charge in [-0.2, -0.15) is 0 Å². The van der Waals surface area contributed by atoms with Gasteiger partial charge in [0, 0.05) is 0 Å². The first-order chi connectivity index (χ1) is 8.59. The highest BCUT2D eigenvalue weighted by atomic mass is 16.6. The highest BCUT2D eigenvalue weighted by molar-refractivity contribution is 5.85. The van der Waals surface area contributed by atoms with Gasteiger partial charge in [0.15, 0.2) is 0 Å². The first kappa shape index (κ1) is 12.0. The van der Waals surface area contributed by atoms with Crippen molar-refractivity contribution in [3.8, 4) is 0 Å². The van der Waals surface area contributed by atoms with Crippen molar-refractivity contribution in [2.75, 3.05) is 0 Å². The van der Waals surface area contributed by atoms with Crippen LogP contribution in [-0.2, 0) is 19.1 Å². The van der Waals surface area contributed by atoms with E-state index in [1.54, 1.807) is 0 Å². The van der Waals surface area contributed by atoms with Crippen molar-refractivity contribution in [2.24, 2.45) is 23.7 Å². The Hall–Kier alpha value is -1.06. The van der Waals surface area contributed by atoms with E-state index in [4.69, 9.17) is 9.47 Å². The molecule has 0 bridgehead atoms. The van der Waals surface area contributed by atoms with E-state index < -0.39 is 0 Å². The fraction of sp³-hybridized carbons (Fsp3) is 0.857. The minimum absolute atomic E-state index is 0.181. The zero-order chi connectivity index (χ0) is 12.9. The highest BCUT2D eigenvalue weighted by Gasteiger charge is 2.56. The van der Waals surface area contributed by atoms with Crippen LogP contribution < -0.4 is 0 Å². The lowest BCUT2D eigenvalue weighted by Gasteiger charge is -2.48. The lowest BCUT2D eigenvalue weighted by atomic mass is 9.58. The number of rotatable bonds is 0. The van der Waals surface area contributed by atoms with Crippen molar-refractivity contribution < 1.29 is 19.1 Å². The van der Waals surface area contributed by atoms with Gasteiger partial charge in [0.25, 0.3) is 0 Å². The van der Waals surface area contributed by atoms with Crippen LogP contribution in [0.2, 0.25) is 0 Å². The minimum atomic E-state index is -0.282. The van der Waals surface area contributed by atoms with Crippen LogP contribution in [0.15, 0.2) is 0 Å². The Morgan fingerprint density at radius 2 is 1.22 bits per heavy atom. The second kappa shape index (κ2) is 4.25. The molecule has 0 N–H and O–H groups in total. The maximum Gasteiger partial charge on any atom is 0.310 e. The second-order valence-electron chi connectivity index (χ2n) is 6.00. The van der Waals surface area contributed by atoms with Crippen LogP contribution in [0.25, 0.3) is 0 Å². The lowest BCUT2D eigenvalue weighted by Crippen LogP contribution is -2.57. The van der Waals surface area contributed by atoms with E-state index >= 15 is 0 Å². The van der Waals surface area contributed by atoms with Crippen molar-refractivity contribution in [1.82, 2.24) is 0 Å². The molecule has 6 atom stereocenters. The van der Waals surface area contributed by atoms with Crippen LogP contribution in [0.4, 0.5) is 0 Å². The van der Waals surface area contributed by atoms with Crippen molar-refractivity contribution in [3.05, 3.63) is 0 Å². The molecule has 2 saturated carbocycles. The van der Waals surface area contributed by atoms with Gasteiger partial charge in [-0.25, -0.2) is 0 Å². The molecule has 0 spiro atoms. The lowest BCUT2D eigenvalue weighted by molar-refractivity contribution is -0.207. The minimum Gasteiger partial charge on any atom is -0.458 e. The molecule has 0 aromatic heterocycles. The fourth-order valence-electron chi connectivity index (χ4n) is 3.67. The van der Waals surface area contributed by atoms with E-state index in [-0.39, 0.29) is 47.8 Å². The zero-order valence-electron chi connectivity index (χ0n) is 10.9. The summed E-state index contributed by atoms with van der Waals surface area (Å²) in [4.78, 5) is 24.3. The number of ether oxygens (including phenoxy) is 2. The topological polar surface area (TPSA) is 52.6 Å². The molecule has 0 amide bonds. The van der Waals surface area contributed by atoms with Crippen LogP contribution >= 0.6 is 0 Å². The quantitative estimate of drug-likeness (QED) is 0.618. The average Bonchev–Trinajstić information content (AvgIpc) is 2.34. The molecular weight excluding hydrogens is 232 g/mol. The van der Waals surface area contributed by atoms with Crippen LogP contribution in [-0.4, -0.2) is 24.1 Å². The van der Waals surface area contributed by atoms with Crippen molar-refractivity contribution in [2.45, 2.75) is 51.7 Å². The van der Waals surface area contributed by atoms with E-state index in [1.807, 2.05) is 13.8 Å². The Bertz CT molecular complexity index is 342. The van der Waals surface area contributed by atoms with Gasteiger partial charge in [0.2, 0.25) is 0 Å². The maximum absolute atomic E-state index is 12.2. The summed E-state index contributed by atoms with van der Waals surface area (Å²) in [6.07, 6.45) is 3.33. The third kappa shape index (κ3) is 1.65. The molecule has 0 radical (unpaired) electrons. The van der Waals surface area contributed by atoms with Gasteiger partial charge in [-0.3, -0.25) is 9.59 Å². The Kier molecular flexibility index (Phi) is 2.83. The molecular formula is C14H20O4. The van der Waals surface area contributed by atoms with Crippen LogP contribution in [0.3, 0.4) is 0 Å². The summed E-state index contributed by atoms with van der Waals surface area (Å²) in [5.41, 5.74) is 0. The molecule has 0 aromatic carbocycles. The molecule has 100 valence electrons. The zero-order valence-corrected chi connectivity index (χ0v) is 10.9. The van der Waals surface area contributed by atoms with E-state index in [2.05, 4.69) is 0 Å². The summed E-state index contributed by atoms with van der Waals surface area (Å²) >= 11 is 0. The predicted octanol–water partition coefficient (Wildman–Crippen LogP) is 1.92. The fourth-order valence-corrected chi connectivity index (χ4v) is 3.67. The third-order valence-electron chi connectivity index (χ3n) is 5.07. The molecule has 3 rings (SSSR count). The van der Waals surface area contributed by atoms with Gasteiger partial charge in [-0.1, -0.05) is 13.8 Å². The standard InChI is InChI=1S/C14H20O4/c1-7-8(2)12-11(7)13(15)17-9-5-3-4-6-10(9)18-14(12)16/h7-12H,3-6H2,1-2H3. The van der Waals surface area contributed by atoms with Crippen LogP contribution in [0.1, 0.15) is 39.5 Å². The molecule has 4 nitrogen and oxygen atoms in total.